The number of fused-ring (bicyclic) bond motifs is 1. The first-order valence-electron chi connectivity index (χ1n) is 9.41. The Labute approximate surface area is 167 Å². The highest BCUT2D eigenvalue weighted by molar-refractivity contribution is 5.93. The molecule has 1 amide bonds. The summed E-state index contributed by atoms with van der Waals surface area (Å²) in [5.41, 5.74) is 3.99. The van der Waals surface area contributed by atoms with Crippen LogP contribution in [0.15, 0.2) is 71.9 Å². The molecule has 3 aromatic heterocycles. The van der Waals surface area contributed by atoms with Gasteiger partial charge in [-0.25, -0.2) is 9.78 Å². The van der Waals surface area contributed by atoms with Crippen molar-refractivity contribution >= 4 is 17.1 Å². The Kier molecular flexibility index (Phi) is 5.20. The van der Waals surface area contributed by atoms with Gasteiger partial charge in [-0.1, -0.05) is 29.8 Å². The monoisotopic (exact) mass is 387 g/mol. The first kappa shape index (κ1) is 18.6. The van der Waals surface area contributed by atoms with Crippen LogP contribution in [0.2, 0.25) is 0 Å². The molecule has 0 fully saturated rings. The van der Waals surface area contributed by atoms with Gasteiger partial charge in [-0.2, -0.15) is 0 Å². The van der Waals surface area contributed by atoms with E-state index in [1.54, 1.807) is 39.9 Å². The highest BCUT2D eigenvalue weighted by Crippen LogP contribution is 2.13. The molecule has 0 aliphatic rings. The van der Waals surface area contributed by atoms with E-state index in [0.717, 1.165) is 16.6 Å². The molecule has 3 heterocycles. The van der Waals surface area contributed by atoms with E-state index in [4.69, 9.17) is 0 Å². The summed E-state index contributed by atoms with van der Waals surface area (Å²) < 4.78 is 3.33. The van der Waals surface area contributed by atoms with Crippen LogP contribution in [-0.2, 0) is 13.1 Å². The van der Waals surface area contributed by atoms with Gasteiger partial charge >= 0.3 is 5.69 Å². The molecule has 29 heavy (non-hydrogen) atoms. The molecule has 0 saturated carbocycles. The van der Waals surface area contributed by atoms with Gasteiger partial charge in [0.2, 0.25) is 0 Å². The van der Waals surface area contributed by atoms with Crippen LogP contribution in [0.5, 0.6) is 0 Å². The fourth-order valence-electron chi connectivity index (χ4n) is 3.38. The number of carbonyl (C=O) groups is 1. The number of hydrogen-bond donors (Lipinski definition) is 1. The maximum absolute atomic E-state index is 13.1. The zero-order chi connectivity index (χ0) is 20.2. The predicted octanol–water partition coefficient (Wildman–Crippen LogP) is 2.38. The topological polar surface area (TPSA) is 81.8 Å². The minimum atomic E-state index is -0.197. The van der Waals surface area contributed by atoms with E-state index in [0.29, 0.717) is 30.8 Å². The average Bonchev–Trinajstić information content (AvgIpc) is 3.00. The number of rotatable bonds is 6. The third-order valence-corrected chi connectivity index (χ3v) is 4.76. The van der Waals surface area contributed by atoms with Gasteiger partial charge in [-0.3, -0.25) is 18.9 Å². The zero-order valence-corrected chi connectivity index (χ0v) is 16.1. The number of nitrogens with one attached hydrogen (secondary N) is 1. The molecule has 7 heteroatoms. The Bertz CT molecular complexity index is 1210. The summed E-state index contributed by atoms with van der Waals surface area (Å²) in [4.78, 5) is 33.6. The molecule has 0 spiro atoms. The lowest BCUT2D eigenvalue weighted by molar-refractivity contribution is 0.0952. The summed E-state index contributed by atoms with van der Waals surface area (Å²) >= 11 is 0. The molecule has 4 aromatic rings. The van der Waals surface area contributed by atoms with Gasteiger partial charge in [-0.15, -0.1) is 0 Å². The highest BCUT2D eigenvalue weighted by atomic mass is 16.2. The van der Waals surface area contributed by atoms with Crippen molar-refractivity contribution in [1.29, 1.82) is 0 Å². The normalized spacial score (nSPS) is 10.9. The standard InChI is InChI=1S/C22H21N5O2/c1-16-4-2-5-17(14-16)15-27-19-6-3-9-24-20(19)26(22(27)29)13-12-25-21(28)18-7-10-23-11-8-18/h2-11,14H,12-13,15H2,1H3,(H,25,28). The van der Waals surface area contributed by atoms with Crippen molar-refractivity contribution in [2.24, 2.45) is 0 Å². The number of aryl methyl sites for hydroxylation is 1. The molecule has 0 unspecified atom stereocenters. The number of nitrogens with zero attached hydrogens (tertiary/aromatic N) is 4. The lowest BCUT2D eigenvalue weighted by Crippen LogP contribution is -2.32. The highest BCUT2D eigenvalue weighted by Gasteiger charge is 2.14. The van der Waals surface area contributed by atoms with Gasteiger partial charge in [-0.05, 0) is 36.8 Å². The Morgan fingerprint density at radius 3 is 2.66 bits per heavy atom. The molecule has 0 saturated heterocycles. The van der Waals surface area contributed by atoms with E-state index in [2.05, 4.69) is 21.4 Å². The van der Waals surface area contributed by atoms with Gasteiger partial charge < -0.3 is 5.32 Å². The van der Waals surface area contributed by atoms with E-state index >= 15 is 0 Å². The minimum Gasteiger partial charge on any atom is -0.350 e. The SMILES string of the molecule is Cc1cccc(Cn2c(=O)n(CCNC(=O)c3ccncc3)c3ncccc32)c1. The summed E-state index contributed by atoms with van der Waals surface area (Å²) in [5, 5.41) is 2.84. The molecule has 1 aromatic carbocycles. The number of pyridine rings is 2. The Balaban J connectivity index is 1.57. The Morgan fingerprint density at radius 1 is 1.03 bits per heavy atom. The lowest BCUT2D eigenvalue weighted by Gasteiger charge is -2.06. The number of hydrogen-bond acceptors (Lipinski definition) is 4. The average molecular weight is 387 g/mol. The van der Waals surface area contributed by atoms with Crippen LogP contribution in [0.3, 0.4) is 0 Å². The van der Waals surface area contributed by atoms with Crippen molar-refractivity contribution in [3.05, 3.63) is 94.3 Å². The molecular formula is C22H21N5O2. The molecule has 0 aliphatic carbocycles. The van der Waals surface area contributed by atoms with Crippen molar-refractivity contribution in [1.82, 2.24) is 24.4 Å². The molecule has 0 aliphatic heterocycles. The van der Waals surface area contributed by atoms with Crippen LogP contribution in [0.1, 0.15) is 21.5 Å². The number of benzene rings is 1. The first-order valence-corrected chi connectivity index (χ1v) is 9.41. The zero-order valence-electron chi connectivity index (χ0n) is 16.1. The van der Waals surface area contributed by atoms with Gasteiger partial charge in [0.25, 0.3) is 5.91 Å². The van der Waals surface area contributed by atoms with Crippen LogP contribution in [0, 0.1) is 6.92 Å². The second-order valence-electron chi connectivity index (χ2n) is 6.85. The van der Waals surface area contributed by atoms with Crippen molar-refractivity contribution in [3.8, 4) is 0 Å². The summed E-state index contributed by atoms with van der Waals surface area (Å²) in [6.45, 7) is 3.16. The van der Waals surface area contributed by atoms with E-state index in [1.807, 2.05) is 37.3 Å². The molecule has 0 bridgehead atoms. The third-order valence-electron chi connectivity index (χ3n) is 4.76. The molecule has 0 radical (unpaired) electrons. The lowest BCUT2D eigenvalue weighted by atomic mass is 10.1. The fraction of sp³-hybridized carbons (Fsp3) is 0.182. The van der Waals surface area contributed by atoms with Crippen molar-refractivity contribution in [2.75, 3.05) is 6.54 Å². The minimum absolute atomic E-state index is 0.140. The summed E-state index contributed by atoms with van der Waals surface area (Å²) in [7, 11) is 0. The van der Waals surface area contributed by atoms with E-state index in [-0.39, 0.29) is 11.6 Å². The third kappa shape index (κ3) is 3.94. The molecule has 1 N–H and O–H groups in total. The van der Waals surface area contributed by atoms with Crippen molar-refractivity contribution < 1.29 is 4.79 Å². The molecule has 7 nitrogen and oxygen atoms in total. The predicted molar refractivity (Wildman–Crippen MR) is 111 cm³/mol. The van der Waals surface area contributed by atoms with Crippen LogP contribution in [0.25, 0.3) is 11.2 Å². The molecular weight excluding hydrogens is 366 g/mol. The number of imidazole rings is 1. The largest absolute Gasteiger partial charge is 0.350 e. The van der Waals surface area contributed by atoms with Crippen LogP contribution < -0.4 is 11.0 Å². The van der Waals surface area contributed by atoms with Crippen molar-refractivity contribution in [2.45, 2.75) is 20.0 Å². The van der Waals surface area contributed by atoms with Crippen LogP contribution >= 0.6 is 0 Å². The summed E-state index contributed by atoms with van der Waals surface area (Å²) in [5.74, 6) is -0.197. The van der Waals surface area contributed by atoms with E-state index in [9.17, 15) is 9.59 Å². The quantitative estimate of drug-likeness (QED) is 0.551. The Morgan fingerprint density at radius 2 is 1.86 bits per heavy atom. The van der Waals surface area contributed by atoms with Crippen LogP contribution in [-0.4, -0.2) is 31.6 Å². The summed E-state index contributed by atoms with van der Waals surface area (Å²) in [6.07, 6.45) is 4.81. The molecule has 146 valence electrons. The second-order valence-corrected chi connectivity index (χ2v) is 6.85. The number of carbonyl (C=O) groups excluding carboxylic acids is 1. The van der Waals surface area contributed by atoms with E-state index < -0.39 is 0 Å². The van der Waals surface area contributed by atoms with Gasteiger partial charge in [0.15, 0.2) is 5.65 Å². The smallest absolute Gasteiger partial charge is 0.330 e. The van der Waals surface area contributed by atoms with Crippen LogP contribution in [0.4, 0.5) is 0 Å². The van der Waals surface area contributed by atoms with Gasteiger partial charge in [0, 0.05) is 37.2 Å². The molecule has 0 atom stereocenters. The van der Waals surface area contributed by atoms with E-state index in [1.165, 1.54) is 0 Å². The first-order chi connectivity index (χ1) is 14.1. The number of aromatic nitrogens is 4. The van der Waals surface area contributed by atoms with Gasteiger partial charge in [0.05, 0.1) is 12.1 Å². The number of amides is 1. The Hall–Kier alpha value is -3.74. The summed E-state index contributed by atoms with van der Waals surface area (Å²) in [6, 6.07) is 15.1. The van der Waals surface area contributed by atoms with Crippen molar-refractivity contribution in [3.63, 3.8) is 0 Å². The second kappa shape index (κ2) is 8.10. The fourth-order valence-corrected chi connectivity index (χ4v) is 3.38. The molecule has 4 rings (SSSR count). The maximum Gasteiger partial charge on any atom is 0.330 e. The van der Waals surface area contributed by atoms with Gasteiger partial charge in [0.1, 0.15) is 0 Å². The maximum atomic E-state index is 13.1.